The molecule has 0 amide bonds. The zero-order chi connectivity index (χ0) is 11.8. The van der Waals surface area contributed by atoms with E-state index in [4.69, 9.17) is 5.11 Å². The summed E-state index contributed by atoms with van der Waals surface area (Å²) < 4.78 is 22.2. The first kappa shape index (κ1) is 15.3. The first-order chi connectivity index (χ1) is 6.73. The first-order valence-corrected chi connectivity index (χ1v) is 6.39. The Morgan fingerprint density at radius 2 is 1.88 bits per heavy atom. The second-order valence-electron chi connectivity index (χ2n) is 2.83. The van der Waals surface area contributed by atoms with Crippen LogP contribution in [0.2, 0.25) is 0 Å². The Kier molecular flexibility index (Phi) is 4.84. The van der Waals surface area contributed by atoms with Crippen LogP contribution < -0.4 is 0 Å². The maximum atomic E-state index is 11.1. The quantitative estimate of drug-likeness (QED) is 0.643. The van der Waals surface area contributed by atoms with E-state index in [1.165, 1.54) is 6.92 Å². The van der Waals surface area contributed by atoms with Crippen LogP contribution in [0.4, 0.5) is 0 Å². The van der Waals surface area contributed by atoms with Crippen LogP contribution in [0.5, 0.6) is 0 Å². The van der Waals surface area contributed by atoms with Crippen LogP contribution in [-0.4, -0.2) is 35.7 Å². The minimum Gasteiger partial charge on any atom is -0.478 e. The summed E-state index contributed by atoms with van der Waals surface area (Å²) in [5.74, 6) is -1.21. The van der Waals surface area contributed by atoms with Gasteiger partial charge < -0.3 is 5.11 Å². The topological polar surface area (TPSA) is 97.2 Å². The van der Waals surface area contributed by atoms with Gasteiger partial charge in [0.2, 0.25) is 15.0 Å². The van der Waals surface area contributed by atoms with E-state index >= 15 is 0 Å². The van der Waals surface area contributed by atoms with Gasteiger partial charge in [0.05, 0.1) is 5.69 Å². The van der Waals surface area contributed by atoms with E-state index < -0.39 is 21.0 Å². The third-order valence-corrected chi connectivity index (χ3v) is 2.99. The predicted molar refractivity (Wildman–Crippen MR) is 61.8 cm³/mol. The van der Waals surface area contributed by atoms with Crippen LogP contribution >= 0.6 is 28.3 Å². The predicted octanol–water partition coefficient (Wildman–Crippen LogP) is 1.07. The van der Waals surface area contributed by atoms with Gasteiger partial charge in [-0.2, -0.15) is 0 Å². The van der Waals surface area contributed by atoms with Gasteiger partial charge in [0.25, 0.3) is 0 Å². The Bertz CT molecular complexity index is 508. The fourth-order valence-corrected chi connectivity index (χ4v) is 2.22. The van der Waals surface area contributed by atoms with Crippen molar-refractivity contribution < 1.29 is 18.3 Å². The summed E-state index contributed by atoms with van der Waals surface area (Å²) in [5.41, 5.74) is -0.0350. The van der Waals surface area contributed by atoms with Crippen LogP contribution in [0.25, 0.3) is 0 Å². The first-order valence-electron chi connectivity index (χ1n) is 3.71. The number of aromatic nitrogens is 2. The summed E-state index contributed by atoms with van der Waals surface area (Å²) in [6, 6.07) is 0. The highest BCUT2D eigenvalue weighted by atomic mass is 79.9. The number of nitrogens with zero attached hydrogens (tertiary/aromatic N) is 2. The molecule has 6 nitrogen and oxygen atoms in total. The Balaban J connectivity index is 0.00000225. The molecule has 0 aliphatic carbocycles. The molecule has 90 valence electrons. The highest BCUT2D eigenvalue weighted by molar-refractivity contribution is 9.10. The average molecular weight is 332 g/mol. The van der Waals surface area contributed by atoms with E-state index in [0.29, 0.717) is 0 Å². The summed E-state index contributed by atoms with van der Waals surface area (Å²) in [5, 5.41) is 8.39. The molecule has 1 rings (SSSR count). The van der Waals surface area contributed by atoms with Crippen LogP contribution in [0, 0.1) is 6.92 Å². The van der Waals surface area contributed by atoms with Crippen molar-refractivity contribution in [1.82, 2.24) is 9.97 Å². The zero-order valence-corrected chi connectivity index (χ0v) is 11.5. The average Bonchev–Trinajstić information content (AvgIpc) is 1.99. The maximum absolute atomic E-state index is 11.1. The Morgan fingerprint density at radius 3 is 2.19 bits per heavy atom. The standard InChI is InChI=1S/C7H7BrN2O4S.ClH/c1-3-4(6(11)12)5(8)10-7(9-3)15(2,13)14;/h1-2H3,(H,11,12);1H. The number of carboxylic acid groups (broad SMARTS) is 1. The lowest BCUT2D eigenvalue weighted by molar-refractivity contribution is 0.0693. The second-order valence-corrected chi connectivity index (χ2v) is 5.50. The number of rotatable bonds is 2. The fraction of sp³-hybridized carbons (Fsp3) is 0.286. The number of hydrogen-bond acceptors (Lipinski definition) is 5. The Morgan fingerprint density at radius 1 is 1.38 bits per heavy atom. The number of sulfone groups is 1. The van der Waals surface area contributed by atoms with Crippen molar-refractivity contribution in [2.24, 2.45) is 0 Å². The van der Waals surface area contributed by atoms with Crippen molar-refractivity contribution in [2.75, 3.05) is 6.26 Å². The molecule has 0 atom stereocenters. The number of carbonyl (C=O) groups is 1. The van der Waals surface area contributed by atoms with E-state index in [9.17, 15) is 13.2 Å². The lowest BCUT2D eigenvalue weighted by Gasteiger charge is -2.04. The summed E-state index contributed by atoms with van der Waals surface area (Å²) in [6.45, 7) is 1.41. The third-order valence-electron chi connectivity index (χ3n) is 1.57. The molecule has 0 aromatic carbocycles. The molecule has 0 bridgehead atoms. The molecule has 0 unspecified atom stereocenters. The number of aromatic carboxylic acids is 1. The van der Waals surface area contributed by atoms with E-state index in [0.717, 1.165) is 6.26 Å². The molecule has 1 N–H and O–H groups in total. The van der Waals surface area contributed by atoms with Crippen molar-refractivity contribution in [3.8, 4) is 0 Å². The van der Waals surface area contributed by atoms with Crippen LogP contribution in [-0.2, 0) is 9.84 Å². The van der Waals surface area contributed by atoms with E-state index in [1.54, 1.807) is 0 Å². The molecule has 1 heterocycles. The minimum atomic E-state index is -3.54. The van der Waals surface area contributed by atoms with Crippen molar-refractivity contribution >= 4 is 44.1 Å². The van der Waals surface area contributed by atoms with E-state index in [-0.39, 0.29) is 28.3 Å². The monoisotopic (exact) mass is 330 g/mol. The van der Waals surface area contributed by atoms with Crippen molar-refractivity contribution in [3.05, 3.63) is 15.9 Å². The molecular formula is C7H8BrClN2O4S. The van der Waals surface area contributed by atoms with E-state index in [2.05, 4.69) is 25.9 Å². The molecule has 9 heteroatoms. The third kappa shape index (κ3) is 3.13. The summed E-state index contributed by atoms with van der Waals surface area (Å²) in [7, 11) is -3.54. The zero-order valence-electron chi connectivity index (χ0n) is 8.26. The van der Waals surface area contributed by atoms with Gasteiger partial charge in [-0.15, -0.1) is 12.4 Å². The molecule has 0 saturated heterocycles. The molecule has 0 radical (unpaired) electrons. The molecule has 0 saturated carbocycles. The lowest BCUT2D eigenvalue weighted by atomic mass is 10.2. The van der Waals surface area contributed by atoms with Crippen LogP contribution in [0.15, 0.2) is 9.76 Å². The van der Waals surface area contributed by atoms with Gasteiger partial charge in [0.1, 0.15) is 10.2 Å². The van der Waals surface area contributed by atoms with Gasteiger partial charge in [0.15, 0.2) is 0 Å². The van der Waals surface area contributed by atoms with E-state index in [1.807, 2.05) is 0 Å². The summed E-state index contributed by atoms with van der Waals surface area (Å²) >= 11 is 2.89. The molecule has 0 fully saturated rings. The van der Waals surface area contributed by atoms with Gasteiger partial charge >= 0.3 is 5.97 Å². The van der Waals surface area contributed by atoms with Gasteiger partial charge in [-0.3, -0.25) is 0 Å². The number of carboxylic acids is 1. The second kappa shape index (κ2) is 5.07. The van der Waals surface area contributed by atoms with Gasteiger partial charge in [-0.1, -0.05) is 0 Å². The highest BCUT2D eigenvalue weighted by Crippen LogP contribution is 2.18. The SMILES string of the molecule is Cc1nc(S(C)(=O)=O)nc(Br)c1C(=O)O.Cl. The molecule has 0 spiro atoms. The van der Waals surface area contributed by atoms with Crippen molar-refractivity contribution in [3.63, 3.8) is 0 Å². The lowest BCUT2D eigenvalue weighted by Crippen LogP contribution is -2.11. The van der Waals surface area contributed by atoms with Gasteiger partial charge in [-0.05, 0) is 22.9 Å². The fourth-order valence-electron chi connectivity index (χ4n) is 0.922. The van der Waals surface area contributed by atoms with Gasteiger partial charge in [-0.25, -0.2) is 23.2 Å². The molecule has 1 aromatic rings. The highest BCUT2D eigenvalue weighted by Gasteiger charge is 2.20. The summed E-state index contributed by atoms with van der Waals surface area (Å²) in [6.07, 6.45) is 0.953. The molecule has 16 heavy (non-hydrogen) atoms. The Labute approximate surface area is 107 Å². The summed E-state index contributed by atoms with van der Waals surface area (Å²) in [4.78, 5) is 17.9. The largest absolute Gasteiger partial charge is 0.478 e. The van der Waals surface area contributed by atoms with Crippen LogP contribution in [0.3, 0.4) is 0 Å². The van der Waals surface area contributed by atoms with Gasteiger partial charge in [0, 0.05) is 6.26 Å². The smallest absolute Gasteiger partial charge is 0.340 e. The molecule has 0 aliphatic rings. The van der Waals surface area contributed by atoms with Crippen molar-refractivity contribution in [2.45, 2.75) is 12.1 Å². The minimum absolute atomic E-state index is 0. The number of aryl methyl sites for hydroxylation is 1. The normalized spacial score (nSPS) is 10.7. The molecule has 0 aliphatic heterocycles. The molecule has 1 aromatic heterocycles. The van der Waals surface area contributed by atoms with Crippen LogP contribution in [0.1, 0.15) is 16.1 Å². The van der Waals surface area contributed by atoms with Crippen molar-refractivity contribution in [1.29, 1.82) is 0 Å². The number of hydrogen-bond donors (Lipinski definition) is 1. The number of halogens is 2. The molecular weight excluding hydrogens is 324 g/mol. The Hall–Kier alpha value is -0.730. The maximum Gasteiger partial charge on any atom is 0.340 e.